The van der Waals surface area contributed by atoms with E-state index in [2.05, 4.69) is 30.5 Å². The molecule has 0 saturated carbocycles. The summed E-state index contributed by atoms with van der Waals surface area (Å²) < 4.78 is 12.3. The van der Waals surface area contributed by atoms with Gasteiger partial charge in [0, 0.05) is 45.0 Å². The number of rotatable bonds is 2. The fraction of sp³-hybridized carbons (Fsp3) is 0.353. The first-order valence-electron chi connectivity index (χ1n) is 8.90. The van der Waals surface area contributed by atoms with Gasteiger partial charge < -0.3 is 24.6 Å². The van der Waals surface area contributed by atoms with Crippen molar-refractivity contribution in [2.45, 2.75) is 0 Å². The zero-order valence-electron chi connectivity index (χ0n) is 15.2. The Hall–Kier alpha value is -3.63. The van der Waals surface area contributed by atoms with E-state index in [1.165, 1.54) is 6.33 Å². The van der Waals surface area contributed by atoms with Crippen LogP contribution in [-0.2, 0) is 7.05 Å². The lowest BCUT2D eigenvalue weighted by Gasteiger charge is -2.35. The topological polar surface area (TPSA) is 111 Å². The van der Waals surface area contributed by atoms with Crippen molar-refractivity contribution >= 4 is 28.7 Å². The molecule has 3 aromatic rings. The summed E-state index contributed by atoms with van der Waals surface area (Å²) in [4.78, 5) is 25.1. The van der Waals surface area contributed by atoms with Crippen LogP contribution in [-0.4, -0.2) is 68.9 Å². The van der Waals surface area contributed by atoms with E-state index < -0.39 is 0 Å². The molecule has 1 N–H and O–H groups in total. The molecule has 2 aliphatic rings. The van der Waals surface area contributed by atoms with Crippen LogP contribution in [0.25, 0.3) is 11.2 Å². The van der Waals surface area contributed by atoms with E-state index in [0.29, 0.717) is 54.5 Å². The van der Waals surface area contributed by atoms with Gasteiger partial charge in [-0.15, -0.1) is 5.10 Å². The molecule has 28 heavy (non-hydrogen) atoms. The van der Waals surface area contributed by atoms with E-state index in [-0.39, 0.29) is 12.8 Å². The number of nitrogens with one attached hydrogen (secondary N) is 1. The zero-order chi connectivity index (χ0) is 19.1. The summed E-state index contributed by atoms with van der Waals surface area (Å²) in [6.07, 6.45) is 1.51. The highest BCUT2D eigenvalue weighted by atomic mass is 16.7. The average Bonchev–Trinajstić information content (AvgIpc) is 3.34. The first-order valence-corrected chi connectivity index (χ1v) is 8.90. The Morgan fingerprint density at radius 3 is 2.79 bits per heavy atom. The van der Waals surface area contributed by atoms with Crippen molar-refractivity contribution < 1.29 is 14.3 Å². The first-order chi connectivity index (χ1) is 13.7. The molecule has 2 aliphatic heterocycles. The van der Waals surface area contributed by atoms with E-state index in [1.807, 2.05) is 0 Å². The largest absolute Gasteiger partial charge is 0.454 e. The highest BCUT2D eigenvalue weighted by molar-refractivity contribution is 5.90. The van der Waals surface area contributed by atoms with Gasteiger partial charge in [0.25, 0.3) is 0 Å². The molecular formula is C17H18N8O3. The van der Waals surface area contributed by atoms with E-state index in [0.717, 1.165) is 5.82 Å². The van der Waals surface area contributed by atoms with Crippen molar-refractivity contribution in [2.75, 3.05) is 43.2 Å². The summed E-state index contributed by atoms with van der Waals surface area (Å²) in [6.45, 7) is 2.65. The minimum absolute atomic E-state index is 0.147. The summed E-state index contributed by atoms with van der Waals surface area (Å²) in [5.41, 5.74) is 2.03. The third-order valence-electron chi connectivity index (χ3n) is 4.86. The second-order valence-electron chi connectivity index (χ2n) is 6.55. The highest BCUT2D eigenvalue weighted by Crippen LogP contribution is 2.34. The van der Waals surface area contributed by atoms with Gasteiger partial charge in [0.2, 0.25) is 6.79 Å². The molecule has 0 atom stereocenters. The fourth-order valence-electron chi connectivity index (χ4n) is 3.37. The lowest BCUT2D eigenvalue weighted by atomic mass is 10.2. The van der Waals surface area contributed by atoms with Crippen molar-refractivity contribution in [3.63, 3.8) is 0 Å². The number of piperazine rings is 1. The predicted molar refractivity (Wildman–Crippen MR) is 99.5 cm³/mol. The van der Waals surface area contributed by atoms with Gasteiger partial charge in [-0.05, 0) is 12.1 Å². The smallest absolute Gasteiger partial charge is 0.321 e. The molecule has 4 heterocycles. The molecule has 0 bridgehead atoms. The minimum atomic E-state index is -0.147. The van der Waals surface area contributed by atoms with Crippen LogP contribution in [0.1, 0.15) is 0 Å². The summed E-state index contributed by atoms with van der Waals surface area (Å²) in [5.74, 6) is 2.07. The van der Waals surface area contributed by atoms with Gasteiger partial charge in [-0.3, -0.25) is 0 Å². The number of nitrogens with zero attached hydrogens (tertiary/aromatic N) is 7. The Kier molecular flexibility index (Phi) is 3.85. The lowest BCUT2D eigenvalue weighted by Crippen LogP contribution is -2.50. The zero-order valence-corrected chi connectivity index (χ0v) is 15.2. The van der Waals surface area contributed by atoms with Crippen LogP contribution in [0.2, 0.25) is 0 Å². The number of carbonyl (C=O) groups is 1. The van der Waals surface area contributed by atoms with Crippen LogP contribution >= 0.6 is 0 Å². The molecule has 5 rings (SSSR count). The Morgan fingerprint density at radius 1 is 1.11 bits per heavy atom. The van der Waals surface area contributed by atoms with Crippen LogP contribution in [0.3, 0.4) is 0 Å². The number of carbonyl (C=O) groups excluding carboxylic acids is 1. The van der Waals surface area contributed by atoms with Crippen LogP contribution in [0, 0.1) is 0 Å². The van der Waals surface area contributed by atoms with Crippen LogP contribution in [0.15, 0.2) is 24.5 Å². The van der Waals surface area contributed by atoms with Crippen LogP contribution < -0.4 is 19.7 Å². The second kappa shape index (κ2) is 6.51. The molecule has 11 nitrogen and oxygen atoms in total. The number of anilines is 2. The molecule has 0 unspecified atom stereocenters. The maximum Gasteiger partial charge on any atom is 0.321 e. The summed E-state index contributed by atoms with van der Waals surface area (Å²) in [7, 11) is 1.80. The number of amides is 2. The average molecular weight is 382 g/mol. The summed E-state index contributed by atoms with van der Waals surface area (Å²) in [6, 6.07) is 5.21. The van der Waals surface area contributed by atoms with E-state index in [4.69, 9.17) is 9.47 Å². The Labute approximate surface area is 159 Å². The van der Waals surface area contributed by atoms with Crippen molar-refractivity contribution in [2.24, 2.45) is 7.05 Å². The van der Waals surface area contributed by atoms with E-state index in [1.54, 1.807) is 34.8 Å². The van der Waals surface area contributed by atoms with Crippen molar-refractivity contribution in [3.8, 4) is 11.5 Å². The van der Waals surface area contributed by atoms with Crippen molar-refractivity contribution in [1.82, 2.24) is 29.9 Å². The van der Waals surface area contributed by atoms with Gasteiger partial charge in [-0.25, -0.2) is 19.4 Å². The standard InChI is InChI=1S/C17H18N8O3/c1-23-15-14(21-22-23)16(19-9-18-15)24-4-6-25(7-5-24)17(26)20-11-2-3-12-13(8-11)28-10-27-12/h2-3,8-9H,4-7,10H2,1H3,(H,20,26). The quantitative estimate of drug-likeness (QED) is 0.694. The number of hydrogen-bond acceptors (Lipinski definition) is 8. The Bertz CT molecular complexity index is 1040. The summed E-state index contributed by atoms with van der Waals surface area (Å²) in [5, 5.41) is 11.1. The van der Waals surface area contributed by atoms with Gasteiger partial charge in [0.05, 0.1) is 0 Å². The SMILES string of the molecule is Cn1nnc2c(N3CCN(C(=O)Nc4ccc5c(c4)OCO5)CC3)ncnc21. The van der Waals surface area contributed by atoms with Crippen LogP contribution in [0.5, 0.6) is 11.5 Å². The number of aryl methyl sites for hydroxylation is 1. The monoisotopic (exact) mass is 382 g/mol. The van der Waals surface area contributed by atoms with Gasteiger partial charge in [-0.1, -0.05) is 5.21 Å². The molecule has 2 amide bonds. The number of ether oxygens (including phenoxy) is 2. The van der Waals surface area contributed by atoms with Crippen molar-refractivity contribution in [1.29, 1.82) is 0 Å². The number of urea groups is 1. The van der Waals surface area contributed by atoms with E-state index in [9.17, 15) is 4.79 Å². The molecule has 1 aromatic carbocycles. The first kappa shape index (κ1) is 16.5. The molecule has 0 spiro atoms. The van der Waals surface area contributed by atoms with Gasteiger partial charge in [0.15, 0.2) is 28.5 Å². The highest BCUT2D eigenvalue weighted by Gasteiger charge is 2.25. The van der Waals surface area contributed by atoms with E-state index >= 15 is 0 Å². The van der Waals surface area contributed by atoms with Crippen LogP contribution in [0.4, 0.5) is 16.3 Å². The van der Waals surface area contributed by atoms with Gasteiger partial charge in [0.1, 0.15) is 6.33 Å². The molecule has 0 aliphatic carbocycles. The number of hydrogen-bond donors (Lipinski definition) is 1. The second-order valence-corrected chi connectivity index (χ2v) is 6.55. The molecule has 0 radical (unpaired) electrons. The number of benzene rings is 1. The minimum Gasteiger partial charge on any atom is -0.454 e. The predicted octanol–water partition coefficient (Wildman–Crippen LogP) is 0.841. The molecule has 1 fully saturated rings. The molecule has 1 saturated heterocycles. The summed E-state index contributed by atoms with van der Waals surface area (Å²) >= 11 is 0. The third kappa shape index (κ3) is 2.80. The molecule has 11 heteroatoms. The van der Waals surface area contributed by atoms with Gasteiger partial charge >= 0.3 is 6.03 Å². The van der Waals surface area contributed by atoms with Crippen molar-refractivity contribution in [3.05, 3.63) is 24.5 Å². The maximum atomic E-state index is 12.6. The Morgan fingerprint density at radius 2 is 1.93 bits per heavy atom. The molecule has 144 valence electrons. The Balaban J connectivity index is 1.25. The normalized spacial score (nSPS) is 15.9. The maximum absolute atomic E-state index is 12.6. The lowest BCUT2D eigenvalue weighted by molar-refractivity contribution is 0.174. The van der Waals surface area contributed by atoms with Gasteiger partial charge in [-0.2, -0.15) is 0 Å². The molecule has 2 aromatic heterocycles. The number of fused-ring (bicyclic) bond motifs is 2. The number of aromatic nitrogens is 5. The fourth-order valence-corrected chi connectivity index (χ4v) is 3.37. The third-order valence-corrected chi connectivity index (χ3v) is 4.86. The molecular weight excluding hydrogens is 364 g/mol.